The fourth-order valence-corrected chi connectivity index (χ4v) is 2.95. The molecule has 114 valence electrons. The number of methoxy groups -OCH3 is 1. The van der Waals surface area contributed by atoms with E-state index in [1.165, 1.54) is 12.7 Å². The molecule has 1 saturated heterocycles. The van der Waals surface area contributed by atoms with E-state index in [-0.39, 0.29) is 24.1 Å². The number of carbonyl (C=O) groups excluding carboxylic acids is 1. The highest BCUT2D eigenvalue weighted by Crippen LogP contribution is 2.31. The SMILES string of the molecule is COC(=O)[C@@H]1CN[C@@H](c2ccccc2)[C@H](c2ccccc2)N1. The minimum atomic E-state index is -0.338. The molecule has 0 radical (unpaired) electrons. The highest BCUT2D eigenvalue weighted by molar-refractivity contribution is 5.76. The summed E-state index contributed by atoms with van der Waals surface area (Å²) in [6, 6.07) is 20.3. The molecule has 1 heterocycles. The van der Waals surface area contributed by atoms with Crippen molar-refractivity contribution in [2.45, 2.75) is 18.1 Å². The summed E-state index contributed by atoms with van der Waals surface area (Å²) in [6.07, 6.45) is 0. The molecule has 0 aromatic heterocycles. The van der Waals surface area contributed by atoms with Crippen LogP contribution in [0.5, 0.6) is 0 Å². The van der Waals surface area contributed by atoms with Crippen molar-refractivity contribution in [2.24, 2.45) is 0 Å². The molecule has 3 rings (SSSR count). The Morgan fingerprint density at radius 1 is 0.955 bits per heavy atom. The molecule has 2 N–H and O–H groups in total. The Hall–Kier alpha value is -2.17. The summed E-state index contributed by atoms with van der Waals surface area (Å²) in [5, 5.41) is 6.92. The van der Waals surface area contributed by atoms with E-state index in [1.54, 1.807) is 0 Å². The summed E-state index contributed by atoms with van der Waals surface area (Å²) in [7, 11) is 1.42. The van der Waals surface area contributed by atoms with Crippen molar-refractivity contribution in [3.8, 4) is 0 Å². The Balaban J connectivity index is 1.91. The third-order valence-corrected chi connectivity index (χ3v) is 4.06. The first-order valence-electron chi connectivity index (χ1n) is 7.47. The molecule has 0 aliphatic carbocycles. The summed E-state index contributed by atoms with van der Waals surface area (Å²) >= 11 is 0. The van der Waals surface area contributed by atoms with Crippen LogP contribution in [0, 0.1) is 0 Å². The van der Waals surface area contributed by atoms with Gasteiger partial charge in [0.05, 0.1) is 19.2 Å². The van der Waals surface area contributed by atoms with Crippen LogP contribution in [0.2, 0.25) is 0 Å². The van der Waals surface area contributed by atoms with Crippen molar-refractivity contribution < 1.29 is 9.53 Å². The molecule has 0 spiro atoms. The Morgan fingerprint density at radius 3 is 2.05 bits per heavy atom. The zero-order chi connectivity index (χ0) is 15.4. The van der Waals surface area contributed by atoms with Crippen molar-refractivity contribution in [1.82, 2.24) is 10.6 Å². The fourth-order valence-electron chi connectivity index (χ4n) is 2.95. The van der Waals surface area contributed by atoms with Crippen LogP contribution < -0.4 is 10.6 Å². The summed E-state index contributed by atoms with van der Waals surface area (Å²) in [6.45, 7) is 0.551. The first kappa shape index (κ1) is 14.8. The fraction of sp³-hybridized carbons (Fsp3) is 0.278. The monoisotopic (exact) mass is 296 g/mol. The summed E-state index contributed by atoms with van der Waals surface area (Å²) < 4.78 is 4.87. The molecule has 4 nitrogen and oxygen atoms in total. The first-order chi connectivity index (χ1) is 10.8. The molecule has 22 heavy (non-hydrogen) atoms. The zero-order valence-corrected chi connectivity index (χ0v) is 12.5. The second-order valence-electron chi connectivity index (χ2n) is 5.43. The van der Waals surface area contributed by atoms with Gasteiger partial charge in [0, 0.05) is 6.54 Å². The minimum Gasteiger partial charge on any atom is -0.468 e. The average Bonchev–Trinajstić information content (AvgIpc) is 2.62. The number of esters is 1. The van der Waals surface area contributed by atoms with Gasteiger partial charge in [-0.05, 0) is 11.1 Å². The van der Waals surface area contributed by atoms with Crippen molar-refractivity contribution >= 4 is 5.97 Å². The molecule has 0 amide bonds. The molecule has 0 unspecified atom stereocenters. The van der Waals surface area contributed by atoms with Crippen molar-refractivity contribution in [1.29, 1.82) is 0 Å². The second-order valence-corrected chi connectivity index (χ2v) is 5.43. The Kier molecular flexibility index (Phi) is 4.51. The van der Waals surface area contributed by atoms with Gasteiger partial charge in [-0.1, -0.05) is 60.7 Å². The number of hydrogen-bond donors (Lipinski definition) is 2. The van der Waals surface area contributed by atoms with Gasteiger partial charge in [0.2, 0.25) is 0 Å². The van der Waals surface area contributed by atoms with Crippen molar-refractivity contribution in [2.75, 3.05) is 13.7 Å². The molecule has 1 fully saturated rings. The topological polar surface area (TPSA) is 50.4 Å². The number of rotatable bonds is 3. The average molecular weight is 296 g/mol. The van der Waals surface area contributed by atoms with Gasteiger partial charge < -0.3 is 10.1 Å². The van der Waals surface area contributed by atoms with E-state index in [9.17, 15) is 4.79 Å². The largest absolute Gasteiger partial charge is 0.468 e. The summed E-state index contributed by atoms with van der Waals surface area (Å²) in [5.74, 6) is -0.236. The van der Waals surface area contributed by atoms with E-state index in [1.807, 2.05) is 36.4 Å². The Labute approximate surface area is 130 Å². The maximum Gasteiger partial charge on any atom is 0.324 e. The van der Waals surface area contributed by atoms with Crippen LogP contribution in [0.25, 0.3) is 0 Å². The van der Waals surface area contributed by atoms with Gasteiger partial charge in [-0.3, -0.25) is 10.1 Å². The summed E-state index contributed by atoms with van der Waals surface area (Å²) in [5.41, 5.74) is 2.35. The van der Waals surface area contributed by atoms with Crippen LogP contribution in [0.15, 0.2) is 60.7 Å². The first-order valence-corrected chi connectivity index (χ1v) is 7.47. The van der Waals surface area contributed by atoms with Gasteiger partial charge in [0.25, 0.3) is 0 Å². The normalized spacial score (nSPS) is 24.7. The van der Waals surface area contributed by atoms with Crippen LogP contribution in [-0.4, -0.2) is 25.7 Å². The smallest absolute Gasteiger partial charge is 0.324 e. The predicted octanol–water partition coefficient (Wildman–Crippen LogP) is 2.20. The molecule has 1 aliphatic heterocycles. The van der Waals surface area contributed by atoms with E-state index in [0.29, 0.717) is 6.54 Å². The Morgan fingerprint density at radius 2 is 1.50 bits per heavy atom. The van der Waals surface area contributed by atoms with E-state index in [2.05, 4.69) is 34.9 Å². The van der Waals surface area contributed by atoms with Gasteiger partial charge in [-0.15, -0.1) is 0 Å². The number of carbonyl (C=O) groups is 1. The van der Waals surface area contributed by atoms with Gasteiger partial charge in [-0.25, -0.2) is 0 Å². The van der Waals surface area contributed by atoms with Crippen LogP contribution in [0.4, 0.5) is 0 Å². The van der Waals surface area contributed by atoms with Gasteiger partial charge in [0.15, 0.2) is 0 Å². The molecular weight excluding hydrogens is 276 g/mol. The predicted molar refractivity (Wildman–Crippen MR) is 85.3 cm³/mol. The van der Waals surface area contributed by atoms with Crippen LogP contribution in [0.1, 0.15) is 23.2 Å². The standard InChI is InChI=1S/C18H20N2O2/c1-22-18(21)15-12-19-16(13-8-4-2-5-9-13)17(20-15)14-10-6-3-7-11-14/h2-11,15-17,19-20H,12H2,1H3/t15-,16-,17-/m0/s1. The van der Waals surface area contributed by atoms with Crippen LogP contribution in [-0.2, 0) is 9.53 Å². The van der Waals surface area contributed by atoms with Gasteiger partial charge >= 0.3 is 5.97 Å². The van der Waals surface area contributed by atoms with E-state index < -0.39 is 0 Å². The maximum absolute atomic E-state index is 11.9. The molecule has 0 saturated carbocycles. The zero-order valence-electron chi connectivity index (χ0n) is 12.5. The lowest BCUT2D eigenvalue weighted by molar-refractivity contribution is -0.144. The molecule has 2 aromatic rings. The quantitative estimate of drug-likeness (QED) is 0.853. The molecule has 4 heteroatoms. The van der Waals surface area contributed by atoms with Crippen LogP contribution in [0.3, 0.4) is 0 Å². The lowest BCUT2D eigenvalue weighted by Crippen LogP contribution is -2.55. The molecule has 2 aromatic carbocycles. The number of hydrogen-bond acceptors (Lipinski definition) is 4. The number of piperazine rings is 1. The Bertz CT molecular complexity index is 615. The highest BCUT2D eigenvalue weighted by Gasteiger charge is 2.34. The third kappa shape index (κ3) is 3.03. The number of benzene rings is 2. The maximum atomic E-state index is 11.9. The molecular formula is C18H20N2O2. The van der Waals surface area contributed by atoms with E-state index in [4.69, 9.17) is 4.74 Å². The number of ether oxygens (including phenoxy) is 1. The van der Waals surface area contributed by atoms with E-state index >= 15 is 0 Å². The van der Waals surface area contributed by atoms with Gasteiger partial charge in [-0.2, -0.15) is 0 Å². The van der Waals surface area contributed by atoms with Crippen LogP contribution >= 0.6 is 0 Å². The highest BCUT2D eigenvalue weighted by atomic mass is 16.5. The molecule has 1 aliphatic rings. The number of nitrogens with one attached hydrogen (secondary N) is 2. The van der Waals surface area contributed by atoms with E-state index in [0.717, 1.165) is 5.56 Å². The molecule has 3 atom stereocenters. The minimum absolute atomic E-state index is 0.0152. The lowest BCUT2D eigenvalue weighted by Gasteiger charge is -2.38. The van der Waals surface area contributed by atoms with Gasteiger partial charge in [0.1, 0.15) is 6.04 Å². The van der Waals surface area contributed by atoms with Crippen molar-refractivity contribution in [3.05, 3.63) is 71.8 Å². The lowest BCUT2D eigenvalue weighted by atomic mass is 9.90. The third-order valence-electron chi connectivity index (χ3n) is 4.06. The second kappa shape index (κ2) is 6.73. The summed E-state index contributed by atoms with van der Waals surface area (Å²) in [4.78, 5) is 11.9. The van der Waals surface area contributed by atoms with Crippen molar-refractivity contribution in [3.63, 3.8) is 0 Å². The molecule has 0 bridgehead atoms.